The molecule has 0 aliphatic rings. The van der Waals surface area contributed by atoms with Crippen LogP contribution in [0, 0.1) is 11.3 Å². The molecule has 1 aromatic rings. The van der Waals surface area contributed by atoms with E-state index in [-0.39, 0.29) is 5.91 Å². The molecule has 0 aliphatic carbocycles. The Morgan fingerprint density at radius 3 is 2.57 bits per heavy atom. The topological polar surface area (TPSA) is 71.3 Å². The van der Waals surface area contributed by atoms with Crippen LogP contribution in [0.1, 0.15) is 43.5 Å². The number of ether oxygens (including phenoxy) is 2. The number of carbonyl (C=O) groups is 1. The van der Waals surface area contributed by atoms with Crippen LogP contribution in [0.25, 0.3) is 0 Å². The van der Waals surface area contributed by atoms with Crippen molar-refractivity contribution in [3.05, 3.63) is 23.8 Å². The maximum absolute atomic E-state index is 12.0. The van der Waals surface area contributed by atoms with E-state index in [1.807, 2.05) is 13.8 Å². The van der Waals surface area contributed by atoms with E-state index in [0.29, 0.717) is 43.2 Å². The highest BCUT2D eigenvalue weighted by atomic mass is 16.5. The second kappa shape index (κ2) is 9.65. The van der Waals surface area contributed by atoms with E-state index < -0.39 is 0 Å². The van der Waals surface area contributed by atoms with Gasteiger partial charge in [-0.15, -0.1) is 0 Å². The molecular formula is C16H22N2O3. The molecule has 0 heterocycles. The van der Waals surface area contributed by atoms with Gasteiger partial charge in [0.1, 0.15) is 0 Å². The third-order valence-electron chi connectivity index (χ3n) is 2.81. The van der Waals surface area contributed by atoms with Crippen molar-refractivity contribution >= 4 is 5.91 Å². The fourth-order valence-corrected chi connectivity index (χ4v) is 1.83. The molecule has 1 N–H and O–H groups in total. The first-order valence-corrected chi connectivity index (χ1v) is 7.27. The molecule has 0 saturated carbocycles. The van der Waals surface area contributed by atoms with Crippen LogP contribution in [-0.2, 0) is 0 Å². The fraction of sp³-hybridized carbons (Fsp3) is 0.500. The molecule has 1 rings (SSSR count). The van der Waals surface area contributed by atoms with Crippen molar-refractivity contribution in [2.75, 3.05) is 19.8 Å². The molecule has 0 bridgehead atoms. The molecule has 5 nitrogen and oxygen atoms in total. The van der Waals surface area contributed by atoms with Gasteiger partial charge in [-0.1, -0.05) is 0 Å². The number of rotatable bonds is 9. The van der Waals surface area contributed by atoms with Crippen LogP contribution in [0.4, 0.5) is 0 Å². The lowest BCUT2D eigenvalue weighted by Gasteiger charge is -2.12. The van der Waals surface area contributed by atoms with Crippen molar-refractivity contribution in [2.45, 2.75) is 33.1 Å². The van der Waals surface area contributed by atoms with Gasteiger partial charge >= 0.3 is 0 Å². The van der Waals surface area contributed by atoms with Gasteiger partial charge in [0.15, 0.2) is 11.5 Å². The quantitative estimate of drug-likeness (QED) is 0.710. The summed E-state index contributed by atoms with van der Waals surface area (Å²) >= 11 is 0. The number of carbonyl (C=O) groups excluding carboxylic acids is 1. The summed E-state index contributed by atoms with van der Waals surface area (Å²) in [5, 5.41) is 11.3. The lowest BCUT2D eigenvalue weighted by atomic mass is 10.2. The fourth-order valence-electron chi connectivity index (χ4n) is 1.83. The summed E-state index contributed by atoms with van der Waals surface area (Å²) in [5.74, 6) is 1.08. The monoisotopic (exact) mass is 290 g/mol. The highest BCUT2D eigenvalue weighted by molar-refractivity contribution is 5.94. The molecular weight excluding hydrogens is 268 g/mol. The molecule has 0 aromatic heterocycles. The Hall–Kier alpha value is -2.22. The molecule has 0 radical (unpaired) electrons. The molecule has 0 aliphatic heterocycles. The van der Waals surface area contributed by atoms with E-state index >= 15 is 0 Å². The van der Waals surface area contributed by atoms with Crippen molar-refractivity contribution < 1.29 is 14.3 Å². The highest BCUT2D eigenvalue weighted by Crippen LogP contribution is 2.28. The van der Waals surface area contributed by atoms with Gasteiger partial charge in [-0.3, -0.25) is 4.79 Å². The Morgan fingerprint density at radius 1 is 1.19 bits per heavy atom. The zero-order valence-corrected chi connectivity index (χ0v) is 12.6. The van der Waals surface area contributed by atoms with Crippen LogP contribution < -0.4 is 14.8 Å². The summed E-state index contributed by atoms with van der Waals surface area (Å²) in [6.07, 6.45) is 2.12. The van der Waals surface area contributed by atoms with Crippen LogP contribution in [0.15, 0.2) is 18.2 Å². The lowest BCUT2D eigenvalue weighted by Crippen LogP contribution is -2.24. The second-order valence-electron chi connectivity index (χ2n) is 4.40. The molecule has 5 heteroatoms. The Bertz CT molecular complexity index is 495. The summed E-state index contributed by atoms with van der Waals surface area (Å²) in [4.78, 5) is 12.0. The maximum atomic E-state index is 12.0. The van der Waals surface area contributed by atoms with Crippen LogP contribution >= 0.6 is 0 Å². The molecule has 21 heavy (non-hydrogen) atoms. The summed E-state index contributed by atoms with van der Waals surface area (Å²) in [6, 6.07) is 7.25. The number of unbranched alkanes of at least 4 members (excludes halogenated alkanes) is 2. The van der Waals surface area contributed by atoms with Gasteiger partial charge in [0.2, 0.25) is 0 Å². The van der Waals surface area contributed by atoms with E-state index in [4.69, 9.17) is 14.7 Å². The van der Waals surface area contributed by atoms with Crippen molar-refractivity contribution in [3.63, 3.8) is 0 Å². The molecule has 0 spiro atoms. The minimum atomic E-state index is -0.143. The van der Waals surface area contributed by atoms with E-state index in [9.17, 15) is 4.79 Å². The third-order valence-corrected chi connectivity index (χ3v) is 2.81. The van der Waals surface area contributed by atoms with Gasteiger partial charge in [0, 0.05) is 18.5 Å². The van der Waals surface area contributed by atoms with Crippen molar-refractivity contribution in [1.29, 1.82) is 5.26 Å². The number of hydrogen-bond donors (Lipinski definition) is 1. The first-order chi connectivity index (χ1) is 10.2. The molecule has 1 amide bonds. The van der Waals surface area contributed by atoms with Gasteiger partial charge < -0.3 is 14.8 Å². The Kier molecular flexibility index (Phi) is 7.73. The smallest absolute Gasteiger partial charge is 0.251 e. The largest absolute Gasteiger partial charge is 0.490 e. The Morgan fingerprint density at radius 2 is 1.90 bits per heavy atom. The van der Waals surface area contributed by atoms with Crippen molar-refractivity contribution in [1.82, 2.24) is 5.32 Å². The van der Waals surface area contributed by atoms with E-state index in [0.717, 1.165) is 12.8 Å². The average Bonchev–Trinajstić information content (AvgIpc) is 2.49. The van der Waals surface area contributed by atoms with E-state index in [2.05, 4.69) is 11.4 Å². The lowest BCUT2D eigenvalue weighted by molar-refractivity contribution is 0.0952. The minimum Gasteiger partial charge on any atom is -0.490 e. The van der Waals surface area contributed by atoms with Crippen molar-refractivity contribution in [2.24, 2.45) is 0 Å². The zero-order valence-electron chi connectivity index (χ0n) is 12.6. The van der Waals surface area contributed by atoms with E-state index in [1.54, 1.807) is 18.2 Å². The molecule has 0 saturated heterocycles. The Balaban J connectivity index is 2.63. The molecule has 0 atom stereocenters. The van der Waals surface area contributed by atoms with Gasteiger partial charge in [-0.2, -0.15) is 5.26 Å². The first kappa shape index (κ1) is 16.8. The van der Waals surface area contributed by atoms with E-state index in [1.165, 1.54) is 0 Å². The highest BCUT2D eigenvalue weighted by Gasteiger charge is 2.11. The van der Waals surface area contributed by atoms with Crippen molar-refractivity contribution in [3.8, 4) is 17.6 Å². The maximum Gasteiger partial charge on any atom is 0.251 e. The number of nitrogens with zero attached hydrogens (tertiary/aromatic N) is 1. The average molecular weight is 290 g/mol. The van der Waals surface area contributed by atoms with Gasteiger partial charge in [-0.05, 0) is 44.9 Å². The normalized spacial score (nSPS) is 9.76. The van der Waals surface area contributed by atoms with Gasteiger partial charge in [0.25, 0.3) is 5.91 Å². The Labute approximate surface area is 125 Å². The third kappa shape index (κ3) is 5.74. The predicted octanol–water partition coefficient (Wildman–Crippen LogP) is 2.91. The SMILES string of the molecule is CCOc1ccc(C(=O)NCCCCC#N)cc1OCC. The summed E-state index contributed by atoms with van der Waals surface area (Å²) in [6.45, 7) is 5.41. The number of amides is 1. The number of nitriles is 1. The second-order valence-corrected chi connectivity index (χ2v) is 4.40. The van der Waals surface area contributed by atoms with Gasteiger partial charge in [0.05, 0.1) is 19.3 Å². The number of benzene rings is 1. The summed E-state index contributed by atoms with van der Waals surface area (Å²) in [7, 11) is 0. The standard InChI is InChI=1S/C16H22N2O3/c1-3-20-14-9-8-13(12-15(14)21-4-2)16(19)18-11-7-5-6-10-17/h8-9,12H,3-7,11H2,1-2H3,(H,18,19). The predicted molar refractivity (Wildman–Crippen MR) is 80.6 cm³/mol. The minimum absolute atomic E-state index is 0.143. The van der Waals surface area contributed by atoms with Crippen LogP contribution in [-0.4, -0.2) is 25.7 Å². The number of hydrogen-bond acceptors (Lipinski definition) is 4. The van der Waals surface area contributed by atoms with Crippen LogP contribution in [0.5, 0.6) is 11.5 Å². The van der Waals surface area contributed by atoms with Gasteiger partial charge in [-0.25, -0.2) is 0 Å². The van der Waals surface area contributed by atoms with Crippen LogP contribution in [0.3, 0.4) is 0 Å². The molecule has 0 fully saturated rings. The first-order valence-electron chi connectivity index (χ1n) is 7.27. The summed E-state index contributed by atoms with van der Waals surface area (Å²) < 4.78 is 11.0. The molecule has 0 unspecified atom stereocenters. The molecule has 1 aromatic carbocycles. The molecule has 114 valence electrons. The van der Waals surface area contributed by atoms with Crippen LogP contribution in [0.2, 0.25) is 0 Å². The zero-order chi connectivity index (χ0) is 15.5. The number of nitrogens with one attached hydrogen (secondary N) is 1. The summed E-state index contributed by atoms with van der Waals surface area (Å²) in [5.41, 5.74) is 0.544.